The number of benzene rings is 1. The summed E-state index contributed by atoms with van der Waals surface area (Å²) < 4.78 is 11.7. The first-order valence-electron chi connectivity index (χ1n) is 5.45. The van der Waals surface area contributed by atoms with Crippen LogP contribution in [0.1, 0.15) is 24.2 Å². The standard InChI is InChI=1S/C12H16BrNO3/c1-4-16-10-7-8(12(15)14-3)6-9(13)11(10)17-5-2/h6-7H,4-5H2,1-3H3,(H,14,15). The normalized spacial score (nSPS) is 9.88. The zero-order valence-electron chi connectivity index (χ0n) is 10.2. The van der Waals surface area contributed by atoms with Crippen LogP contribution in [0.2, 0.25) is 0 Å². The molecule has 0 bridgehead atoms. The first-order chi connectivity index (χ1) is 8.13. The van der Waals surface area contributed by atoms with E-state index in [0.717, 1.165) is 0 Å². The third-order valence-electron chi connectivity index (χ3n) is 2.09. The van der Waals surface area contributed by atoms with E-state index >= 15 is 0 Å². The van der Waals surface area contributed by atoms with Crippen molar-refractivity contribution in [3.8, 4) is 11.5 Å². The Morgan fingerprint density at radius 1 is 1.29 bits per heavy atom. The second-order valence-corrected chi connectivity index (χ2v) is 4.08. The smallest absolute Gasteiger partial charge is 0.251 e. The van der Waals surface area contributed by atoms with Gasteiger partial charge < -0.3 is 14.8 Å². The molecule has 17 heavy (non-hydrogen) atoms. The molecule has 1 amide bonds. The quantitative estimate of drug-likeness (QED) is 0.909. The zero-order valence-corrected chi connectivity index (χ0v) is 11.8. The lowest BCUT2D eigenvalue weighted by molar-refractivity contribution is 0.0962. The maximum absolute atomic E-state index is 11.6. The molecule has 4 nitrogen and oxygen atoms in total. The summed E-state index contributed by atoms with van der Waals surface area (Å²) in [6, 6.07) is 3.39. The minimum Gasteiger partial charge on any atom is -0.490 e. The lowest BCUT2D eigenvalue weighted by atomic mass is 10.2. The third kappa shape index (κ3) is 3.36. The van der Waals surface area contributed by atoms with Crippen LogP contribution in [0.25, 0.3) is 0 Å². The molecule has 0 aliphatic rings. The minimum absolute atomic E-state index is 0.158. The summed E-state index contributed by atoms with van der Waals surface area (Å²) in [7, 11) is 1.59. The topological polar surface area (TPSA) is 47.6 Å². The van der Waals surface area contributed by atoms with Crippen molar-refractivity contribution in [1.29, 1.82) is 0 Å². The number of halogens is 1. The van der Waals surface area contributed by atoms with Gasteiger partial charge in [-0.15, -0.1) is 0 Å². The molecule has 0 heterocycles. The van der Waals surface area contributed by atoms with Crippen molar-refractivity contribution in [3.63, 3.8) is 0 Å². The summed E-state index contributed by atoms with van der Waals surface area (Å²) in [6.07, 6.45) is 0. The third-order valence-corrected chi connectivity index (χ3v) is 2.68. The number of amides is 1. The van der Waals surface area contributed by atoms with Crippen LogP contribution in [0.4, 0.5) is 0 Å². The van der Waals surface area contributed by atoms with Gasteiger partial charge in [-0.2, -0.15) is 0 Å². The largest absolute Gasteiger partial charge is 0.490 e. The zero-order chi connectivity index (χ0) is 12.8. The lowest BCUT2D eigenvalue weighted by Gasteiger charge is -2.14. The van der Waals surface area contributed by atoms with Crippen LogP contribution in [-0.2, 0) is 0 Å². The molecule has 0 atom stereocenters. The van der Waals surface area contributed by atoms with Crippen molar-refractivity contribution in [3.05, 3.63) is 22.2 Å². The van der Waals surface area contributed by atoms with Crippen molar-refractivity contribution in [2.45, 2.75) is 13.8 Å². The maximum atomic E-state index is 11.6. The monoisotopic (exact) mass is 301 g/mol. The van der Waals surface area contributed by atoms with Crippen LogP contribution in [0.15, 0.2) is 16.6 Å². The number of carbonyl (C=O) groups excluding carboxylic acids is 1. The van der Waals surface area contributed by atoms with E-state index < -0.39 is 0 Å². The molecular weight excluding hydrogens is 286 g/mol. The molecule has 0 aromatic heterocycles. The fourth-order valence-electron chi connectivity index (χ4n) is 1.39. The van der Waals surface area contributed by atoms with Gasteiger partial charge in [0.25, 0.3) is 5.91 Å². The molecule has 0 unspecified atom stereocenters. The van der Waals surface area contributed by atoms with E-state index in [4.69, 9.17) is 9.47 Å². The van der Waals surface area contributed by atoms with Gasteiger partial charge in [-0.3, -0.25) is 4.79 Å². The Morgan fingerprint density at radius 2 is 1.94 bits per heavy atom. The number of hydrogen-bond donors (Lipinski definition) is 1. The average molecular weight is 302 g/mol. The fourth-order valence-corrected chi connectivity index (χ4v) is 1.95. The van der Waals surface area contributed by atoms with Crippen molar-refractivity contribution < 1.29 is 14.3 Å². The predicted octanol–water partition coefficient (Wildman–Crippen LogP) is 2.61. The molecule has 0 saturated heterocycles. The molecule has 5 heteroatoms. The van der Waals surface area contributed by atoms with Gasteiger partial charge in [0.2, 0.25) is 0 Å². The molecule has 0 aliphatic heterocycles. The molecule has 1 aromatic carbocycles. The summed E-state index contributed by atoms with van der Waals surface area (Å²) in [5, 5.41) is 2.57. The lowest BCUT2D eigenvalue weighted by Crippen LogP contribution is -2.18. The van der Waals surface area contributed by atoms with Crippen molar-refractivity contribution in [2.24, 2.45) is 0 Å². The molecule has 1 aromatic rings. The summed E-state index contributed by atoms with van der Waals surface area (Å²) in [5.74, 6) is 1.04. The number of hydrogen-bond acceptors (Lipinski definition) is 3. The van der Waals surface area contributed by atoms with Gasteiger partial charge in [-0.1, -0.05) is 0 Å². The molecule has 0 fully saturated rings. The average Bonchev–Trinajstić information content (AvgIpc) is 2.32. The van der Waals surface area contributed by atoms with Crippen molar-refractivity contribution >= 4 is 21.8 Å². The Morgan fingerprint density at radius 3 is 2.47 bits per heavy atom. The molecular formula is C12H16BrNO3. The Labute approximate surface area is 109 Å². The summed E-state index contributed by atoms with van der Waals surface area (Å²) in [5.41, 5.74) is 0.534. The van der Waals surface area contributed by atoms with Gasteiger partial charge in [0.05, 0.1) is 17.7 Å². The Kier molecular flexibility index (Phi) is 5.28. The number of nitrogens with one attached hydrogen (secondary N) is 1. The van der Waals surface area contributed by atoms with Crippen LogP contribution >= 0.6 is 15.9 Å². The first kappa shape index (κ1) is 13.8. The highest BCUT2D eigenvalue weighted by molar-refractivity contribution is 9.10. The summed E-state index contributed by atoms with van der Waals surface area (Å²) in [6.45, 7) is 4.84. The van der Waals surface area contributed by atoms with Gasteiger partial charge in [-0.05, 0) is 41.9 Å². The van der Waals surface area contributed by atoms with E-state index in [1.165, 1.54) is 0 Å². The van der Waals surface area contributed by atoms with E-state index in [1.807, 2.05) is 13.8 Å². The van der Waals surface area contributed by atoms with Crippen molar-refractivity contribution in [1.82, 2.24) is 5.32 Å². The van der Waals surface area contributed by atoms with Gasteiger partial charge >= 0.3 is 0 Å². The van der Waals surface area contributed by atoms with E-state index in [-0.39, 0.29) is 5.91 Å². The minimum atomic E-state index is -0.158. The Hall–Kier alpha value is -1.23. The second kappa shape index (κ2) is 6.49. The van der Waals surface area contributed by atoms with Crippen LogP contribution in [-0.4, -0.2) is 26.2 Å². The summed E-state index contributed by atoms with van der Waals surface area (Å²) in [4.78, 5) is 11.6. The molecule has 1 rings (SSSR count). The molecule has 0 radical (unpaired) electrons. The van der Waals surface area contributed by atoms with E-state index in [1.54, 1.807) is 19.2 Å². The van der Waals surface area contributed by atoms with Crippen molar-refractivity contribution in [2.75, 3.05) is 20.3 Å². The van der Waals surface area contributed by atoms with Gasteiger partial charge in [0, 0.05) is 12.6 Å². The SMILES string of the molecule is CCOc1cc(C(=O)NC)cc(Br)c1OCC. The molecule has 94 valence electrons. The molecule has 0 spiro atoms. The van der Waals surface area contributed by atoms with Crippen LogP contribution in [0.5, 0.6) is 11.5 Å². The fraction of sp³-hybridized carbons (Fsp3) is 0.417. The highest BCUT2D eigenvalue weighted by Crippen LogP contribution is 2.36. The molecule has 1 N–H and O–H groups in total. The van der Waals surface area contributed by atoms with Gasteiger partial charge in [0.1, 0.15) is 0 Å². The van der Waals surface area contributed by atoms with Crippen LogP contribution in [0, 0.1) is 0 Å². The number of rotatable bonds is 5. The maximum Gasteiger partial charge on any atom is 0.251 e. The van der Waals surface area contributed by atoms with E-state index in [2.05, 4.69) is 21.2 Å². The van der Waals surface area contributed by atoms with Gasteiger partial charge in [-0.25, -0.2) is 0 Å². The number of ether oxygens (including phenoxy) is 2. The van der Waals surface area contributed by atoms with Crippen LogP contribution < -0.4 is 14.8 Å². The van der Waals surface area contributed by atoms with Gasteiger partial charge in [0.15, 0.2) is 11.5 Å². The summed E-state index contributed by atoms with van der Waals surface area (Å²) >= 11 is 3.38. The molecule has 0 saturated carbocycles. The van der Waals surface area contributed by atoms with E-state index in [0.29, 0.717) is 34.7 Å². The predicted molar refractivity (Wildman–Crippen MR) is 69.9 cm³/mol. The number of carbonyl (C=O) groups is 1. The second-order valence-electron chi connectivity index (χ2n) is 3.23. The van der Waals surface area contributed by atoms with Crippen LogP contribution in [0.3, 0.4) is 0 Å². The Bertz CT molecular complexity index is 407. The van der Waals surface area contributed by atoms with E-state index in [9.17, 15) is 4.79 Å². The highest BCUT2D eigenvalue weighted by Gasteiger charge is 2.14. The molecule has 0 aliphatic carbocycles. The Balaban J connectivity index is 3.19. The highest BCUT2D eigenvalue weighted by atomic mass is 79.9. The first-order valence-corrected chi connectivity index (χ1v) is 6.24.